The highest BCUT2D eigenvalue weighted by atomic mass is 31.2. The van der Waals surface area contributed by atoms with Crippen LogP contribution in [0.5, 0.6) is 0 Å². The van der Waals surface area contributed by atoms with Crippen molar-refractivity contribution in [3.8, 4) is 0 Å². The number of aromatic amines is 1. The van der Waals surface area contributed by atoms with Gasteiger partial charge in [0.25, 0.3) is 5.76 Å². The van der Waals surface area contributed by atoms with Crippen molar-refractivity contribution in [2.75, 3.05) is 19.7 Å². The normalized spacial score (nSPS) is 15.1. The number of nitrogens with zero attached hydrogens (tertiary/aromatic N) is 1. The summed E-state index contributed by atoms with van der Waals surface area (Å²) in [5, 5.41) is 24.9. The maximum atomic E-state index is 13.0. The molecule has 1 aromatic heterocycles. The fourth-order valence-corrected chi connectivity index (χ4v) is 6.80. The number of unbranched alkanes of at least 4 members (excludes halogenated alkanes) is 13. The van der Waals surface area contributed by atoms with Crippen LogP contribution < -0.4 is 21.8 Å². The number of hydroxylamine groups is 1. The number of carbonyl (C=O) groups excluding carboxylic acids is 6. The van der Waals surface area contributed by atoms with Crippen LogP contribution in [-0.2, 0) is 68.1 Å². The molecular formula is C40H65N6O17P. The number of aliphatic hydroxyl groups excluding tert-OH is 1. The molecule has 362 valence electrons. The number of carboxylic acid groups (broad SMARTS) is 1. The zero-order valence-corrected chi connectivity index (χ0v) is 37.2. The SMILES string of the molecule is CCCCCCCCCCCCCCCC(=O)OC(COC(=O)CCC(=O)ONCC(=O)NC(Cc1cnc[nH]1)C(=O)NC(CCCCN)C(=O)O)C1OC(=O)C(OP(=O)(O)O)=C1O. The van der Waals surface area contributed by atoms with Gasteiger partial charge in [0.1, 0.15) is 25.2 Å². The minimum absolute atomic E-state index is 0.0744. The number of phosphoric acid groups is 1. The van der Waals surface area contributed by atoms with Gasteiger partial charge in [-0.2, -0.15) is 0 Å². The Morgan fingerprint density at radius 1 is 0.859 bits per heavy atom. The highest BCUT2D eigenvalue weighted by molar-refractivity contribution is 7.46. The molecule has 2 rings (SSSR count). The Hall–Kier alpha value is -5.09. The number of imidazole rings is 1. The molecule has 0 radical (unpaired) electrons. The summed E-state index contributed by atoms with van der Waals surface area (Å²) in [4.78, 5) is 117. The highest BCUT2D eigenvalue weighted by Gasteiger charge is 2.45. The highest BCUT2D eigenvalue weighted by Crippen LogP contribution is 2.42. The molecule has 1 aliphatic heterocycles. The van der Waals surface area contributed by atoms with Gasteiger partial charge in [-0.05, 0) is 32.2 Å². The lowest BCUT2D eigenvalue weighted by Crippen LogP contribution is -2.53. The third-order valence-corrected chi connectivity index (χ3v) is 10.2. The van der Waals surface area contributed by atoms with E-state index in [-0.39, 0.29) is 19.3 Å². The summed E-state index contributed by atoms with van der Waals surface area (Å²) < 4.78 is 31.0. The molecule has 0 saturated carbocycles. The number of rotatable bonds is 36. The molecule has 23 nitrogen and oxygen atoms in total. The molecule has 64 heavy (non-hydrogen) atoms. The molecule has 0 aromatic carbocycles. The Morgan fingerprint density at radius 3 is 2.06 bits per heavy atom. The number of aliphatic hydroxyl groups is 1. The van der Waals surface area contributed by atoms with Crippen molar-refractivity contribution in [3.05, 3.63) is 29.7 Å². The topological polar surface area (TPSA) is 354 Å². The third kappa shape index (κ3) is 23.6. The monoisotopic (exact) mass is 932 g/mol. The van der Waals surface area contributed by atoms with Gasteiger partial charge in [0.05, 0.1) is 19.2 Å². The number of nitrogens with two attached hydrogens (primary N) is 1. The molecule has 0 spiro atoms. The first kappa shape index (κ1) is 55.0. The van der Waals surface area contributed by atoms with Gasteiger partial charge < -0.3 is 55.1 Å². The van der Waals surface area contributed by atoms with Crippen LogP contribution in [0.4, 0.5) is 0 Å². The maximum Gasteiger partial charge on any atom is 0.525 e. The summed E-state index contributed by atoms with van der Waals surface area (Å²) in [6, 6.07) is -2.49. The van der Waals surface area contributed by atoms with Gasteiger partial charge in [0, 0.05) is 24.7 Å². The van der Waals surface area contributed by atoms with E-state index in [2.05, 4.69) is 37.5 Å². The lowest BCUT2D eigenvalue weighted by atomic mass is 10.0. The molecule has 4 atom stereocenters. The standard InChI is InChI=1S/C40H65N6O17P/c1-2-3-4-5-6-7-8-9-10-11-12-13-14-18-33(49)60-30(36-35(51)37(40(55)61-36)63-64(56,57)58)25-59-32(48)19-20-34(50)62-44-24-31(47)45-29(22-27-23-42-26-43-27)38(52)46-28(39(53)54)17-15-16-21-41/h23,26,28-30,36,44,51H,2-22,24-25,41H2,1H3,(H,42,43)(H,45,47)(H,46,52)(H,53,54)(H2,56,57,58). The quantitative estimate of drug-likeness (QED) is 0.0153. The summed E-state index contributed by atoms with van der Waals surface area (Å²) in [5.74, 6) is -9.56. The molecule has 2 amide bonds. The van der Waals surface area contributed by atoms with Crippen molar-refractivity contribution in [1.82, 2.24) is 26.1 Å². The fraction of sp³-hybridized carbons (Fsp3) is 0.700. The molecule has 0 fully saturated rings. The number of cyclic esters (lactones) is 1. The van der Waals surface area contributed by atoms with E-state index >= 15 is 0 Å². The summed E-state index contributed by atoms with van der Waals surface area (Å²) in [6.07, 6.45) is 13.0. The molecule has 1 aromatic rings. The third-order valence-electron chi connectivity index (χ3n) is 9.79. The van der Waals surface area contributed by atoms with Gasteiger partial charge in [-0.15, -0.1) is 5.48 Å². The van der Waals surface area contributed by atoms with E-state index < -0.39 is 111 Å². The van der Waals surface area contributed by atoms with Crippen molar-refractivity contribution in [2.45, 2.75) is 160 Å². The summed E-state index contributed by atoms with van der Waals surface area (Å²) >= 11 is 0. The van der Waals surface area contributed by atoms with Crippen molar-refractivity contribution in [3.63, 3.8) is 0 Å². The first-order chi connectivity index (χ1) is 30.5. The van der Waals surface area contributed by atoms with Crippen LogP contribution in [0.2, 0.25) is 0 Å². The van der Waals surface area contributed by atoms with Gasteiger partial charge in [-0.3, -0.25) is 33.8 Å². The van der Waals surface area contributed by atoms with E-state index in [1.54, 1.807) is 0 Å². The fourth-order valence-electron chi connectivity index (χ4n) is 6.39. The number of hydrogen-bond donors (Lipinski definition) is 9. The summed E-state index contributed by atoms with van der Waals surface area (Å²) in [5.41, 5.74) is 8.03. The Bertz CT molecular complexity index is 1710. The zero-order chi connectivity index (χ0) is 47.3. The van der Waals surface area contributed by atoms with Gasteiger partial charge in [0.15, 0.2) is 11.9 Å². The number of aromatic nitrogens is 2. The van der Waals surface area contributed by atoms with Gasteiger partial charge >= 0.3 is 37.7 Å². The van der Waals surface area contributed by atoms with E-state index in [0.717, 1.165) is 32.1 Å². The average molecular weight is 933 g/mol. The number of ether oxygens (including phenoxy) is 3. The van der Waals surface area contributed by atoms with E-state index in [0.29, 0.717) is 31.5 Å². The van der Waals surface area contributed by atoms with Crippen LogP contribution in [0.1, 0.15) is 135 Å². The number of aliphatic carboxylic acids is 1. The number of carbonyl (C=O) groups is 7. The Balaban J connectivity index is 1.86. The molecular weight excluding hydrogens is 867 g/mol. The molecule has 10 N–H and O–H groups in total. The molecule has 1 aliphatic rings. The van der Waals surface area contributed by atoms with Crippen LogP contribution in [0.15, 0.2) is 24.0 Å². The van der Waals surface area contributed by atoms with Crippen LogP contribution in [0.25, 0.3) is 0 Å². The number of amides is 2. The molecule has 0 saturated heterocycles. The largest absolute Gasteiger partial charge is 0.525 e. The van der Waals surface area contributed by atoms with Crippen molar-refractivity contribution >= 4 is 49.5 Å². The number of nitrogens with one attached hydrogen (secondary N) is 4. The van der Waals surface area contributed by atoms with Gasteiger partial charge in [-0.1, -0.05) is 84.0 Å². The Morgan fingerprint density at radius 2 is 1.48 bits per heavy atom. The number of esters is 3. The first-order valence-electron chi connectivity index (χ1n) is 21.7. The van der Waals surface area contributed by atoms with E-state index in [1.807, 2.05) is 0 Å². The first-order valence-corrected chi connectivity index (χ1v) is 23.2. The minimum Gasteiger partial charge on any atom is -0.505 e. The average Bonchev–Trinajstić information content (AvgIpc) is 3.85. The van der Waals surface area contributed by atoms with Crippen molar-refractivity contribution in [2.24, 2.45) is 5.73 Å². The Kier molecular flexibility index (Phi) is 26.6. The number of phosphoric ester groups is 1. The minimum atomic E-state index is -5.33. The van der Waals surface area contributed by atoms with E-state index in [1.165, 1.54) is 57.5 Å². The van der Waals surface area contributed by atoms with E-state index in [4.69, 9.17) is 34.6 Å². The van der Waals surface area contributed by atoms with Gasteiger partial charge in [0.2, 0.25) is 17.9 Å². The molecule has 4 unspecified atom stereocenters. The molecule has 0 bridgehead atoms. The zero-order valence-electron chi connectivity index (χ0n) is 36.3. The van der Waals surface area contributed by atoms with Crippen LogP contribution >= 0.6 is 7.82 Å². The van der Waals surface area contributed by atoms with Crippen LogP contribution in [0.3, 0.4) is 0 Å². The second-order valence-electron chi connectivity index (χ2n) is 15.2. The molecule has 24 heteroatoms. The predicted molar refractivity (Wildman–Crippen MR) is 224 cm³/mol. The van der Waals surface area contributed by atoms with Crippen LogP contribution in [-0.4, -0.2) is 116 Å². The van der Waals surface area contributed by atoms with Gasteiger partial charge in [-0.25, -0.2) is 19.1 Å². The molecule has 0 aliphatic carbocycles. The lowest BCUT2D eigenvalue weighted by molar-refractivity contribution is -0.171. The summed E-state index contributed by atoms with van der Waals surface area (Å²) in [7, 11) is -5.33. The van der Waals surface area contributed by atoms with Crippen LogP contribution in [0, 0.1) is 0 Å². The summed E-state index contributed by atoms with van der Waals surface area (Å²) in [6.45, 7) is 1.06. The Labute approximate surface area is 371 Å². The number of hydrogen-bond acceptors (Lipinski definition) is 17. The second-order valence-corrected chi connectivity index (χ2v) is 16.4. The molecule has 2 heterocycles. The van der Waals surface area contributed by atoms with Crippen molar-refractivity contribution < 1.29 is 81.7 Å². The lowest BCUT2D eigenvalue weighted by Gasteiger charge is -2.22. The smallest absolute Gasteiger partial charge is 0.505 e. The number of H-pyrrole nitrogens is 1. The second kappa shape index (κ2) is 30.9. The predicted octanol–water partition coefficient (Wildman–Crippen LogP) is 2.70. The van der Waals surface area contributed by atoms with Crippen molar-refractivity contribution in [1.29, 1.82) is 0 Å². The number of carboxylic acids is 1. The maximum absolute atomic E-state index is 13.0. The van der Waals surface area contributed by atoms with E-state index in [9.17, 15) is 48.3 Å².